The fraction of sp³-hybridized carbons (Fsp3) is 0.938. The van der Waals surface area contributed by atoms with Gasteiger partial charge in [0.25, 0.3) is 0 Å². The average Bonchev–Trinajstić information content (AvgIpc) is 2.85. The molecule has 5 unspecified atom stereocenters. The molecule has 25 heavy (non-hydrogen) atoms. The number of alkyl halides is 1. The van der Waals surface area contributed by atoms with Crippen molar-refractivity contribution in [3.8, 4) is 0 Å². The standard InChI is InChI=1S/C16H27FN2O5S/c17-13-5-2-1-4-12(13)16(20)18-19-25(21,22)11-6-7-14-15(10-11)24-9-3-8-23-14/h11-15,19H,1-10H2,(H,18,20). The Bertz CT molecular complexity index is 573. The maximum Gasteiger partial charge on any atom is 0.240 e. The van der Waals surface area contributed by atoms with Crippen molar-refractivity contribution in [3.05, 3.63) is 0 Å². The zero-order valence-corrected chi connectivity index (χ0v) is 15.1. The van der Waals surface area contributed by atoms with Gasteiger partial charge in [-0.2, -0.15) is 0 Å². The largest absolute Gasteiger partial charge is 0.375 e. The van der Waals surface area contributed by atoms with E-state index in [1.807, 2.05) is 0 Å². The lowest BCUT2D eigenvalue weighted by Gasteiger charge is -2.34. The predicted octanol–water partition coefficient (Wildman–Crippen LogP) is 1.19. The molecule has 0 radical (unpaired) electrons. The Labute approximate surface area is 148 Å². The lowest BCUT2D eigenvalue weighted by atomic mass is 9.87. The first-order valence-electron chi connectivity index (χ1n) is 9.15. The highest BCUT2D eigenvalue weighted by molar-refractivity contribution is 7.90. The number of nitrogens with one attached hydrogen (secondary N) is 2. The van der Waals surface area contributed by atoms with Crippen molar-refractivity contribution in [1.29, 1.82) is 0 Å². The molecule has 1 heterocycles. The van der Waals surface area contributed by atoms with Gasteiger partial charge in [-0.15, -0.1) is 4.83 Å². The van der Waals surface area contributed by atoms with Gasteiger partial charge in [0, 0.05) is 13.2 Å². The highest BCUT2D eigenvalue weighted by Gasteiger charge is 2.39. The second-order valence-corrected chi connectivity index (χ2v) is 9.11. The molecular formula is C16H27FN2O5S. The number of ether oxygens (including phenoxy) is 2. The quantitative estimate of drug-likeness (QED) is 0.717. The van der Waals surface area contributed by atoms with Crippen LogP contribution in [0.1, 0.15) is 51.4 Å². The van der Waals surface area contributed by atoms with Crippen molar-refractivity contribution in [2.24, 2.45) is 5.92 Å². The number of carbonyl (C=O) groups is 1. The molecule has 2 aliphatic carbocycles. The van der Waals surface area contributed by atoms with Gasteiger partial charge < -0.3 is 9.47 Å². The Kier molecular flexibility index (Phi) is 6.30. The van der Waals surface area contributed by atoms with Gasteiger partial charge >= 0.3 is 0 Å². The normalized spacial score (nSPS) is 36.9. The number of fused-ring (bicyclic) bond motifs is 1. The van der Waals surface area contributed by atoms with Crippen LogP contribution in [-0.2, 0) is 24.3 Å². The van der Waals surface area contributed by atoms with Gasteiger partial charge in [-0.3, -0.25) is 10.2 Å². The minimum absolute atomic E-state index is 0.0573. The van der Waals surface area contributed by atoms with Crippen molar-refractivity contribution in [3.63, 3.8) is 0 Å². The lowest BCUT2D eigenvalue weighted by molar-refractivity contribution is -0.128. The fourth-order valence-electron chi connectivity index (χ4n) is 3.92. The van der Waals surface area contributed by atoms with Gasteiger partial charge in [0.15, 0.2) is 0 Å². The number of rotatable bonds is 4. The summed E-state index contributed by atoms with van der Waals surface area (Å²) in [4.78, 5) is 14.3. The van der Waals surface area contributed by atoms with E-state index < -0.39 is 33.3 Å². The summed E-state index contributed by atoms with van der Waals surface area (Å²) >= 11 is 0. The van der Waals surface area contributed by atoms with E-state index in [0.717, 1.165) is 19.3 Å². The second kappa shape index (κ2) is 8.28. The Hall–Kier alpha value is -0.770. The summed E-state index contributed by atoms with van der Waals surface area (Å²) in [6.45, 7) is 1.20. The van der Waals surface area contributed by atoms with Gasteiger partial charge in [-0.25, -0.2) is 12.8 Å². The highest BCUT2D eigenvalue weighted by atomic mass is 32.2. The van der Waals surface area contributed by atoms with E-state index in [2.05, 4.69) is 10.3 Å². The number of hydrogen-bond acceptors (Lipinski definition) is 5. The molecule has 2 saturated carbocycles. The Balaban J connectivity index is 1.53. The van der Waals surface area contributed by atoms with Crippen molar-refractivity contribution in [2.45, 2.75) is 75.0 Å². The molecule has 0 aromatic rings. The molecule has 0 aromatic heterocycles. The number of carbonyl (C=O) groups excluding carboxylic acids is 1. The van der Waals surface area contributed by atoms with Gasteiger partial charge in [0.1, 0.15) is 6.17 Å². The third-order valence-electron chi connectivity index (χ3n) is 5.41. The minimum atomic E-state index is -3.74. The first-order chi connectivity index (χ1) is 12.0. The molecule has 1 aliphatic heterocycles. The van der Waals surface area contributed by atoms with Gasteiger partial charge in [-0.05, 0) is 38.5 Å². The molecule has 0 bridgehead atoms. The van der Waals surface area contributed by atoms with Crippen molar-refractivity contribution in [2.75, 3.05) is 13.2 Å². The van der Waals surface area contributed by atoms with Crippen LogP contribution < -0.4 is 10.3 Å². The summed E-state index contributed by atoms with van der Waals surface area (Å²) in [6.07, 6.45) is 3.07. The number of hydrazine groups is 1. The minimum Gasteiger partial charge on any atom is -0.375 e. The van der Waals surface area contributed by atoms with Crippen LogP contribution in [0.4, 0.5) is 4.39 Å². The van der Waals surface area contributed by atoms with E-state index in [-0.39, 0.29) is 12.2 Å². The number of amides is 1. The smallest absolute Gasteiger partial charge is 0.240 e. The molecule has 1 amide bonds. The zero-order chi connectivity index (χ0) is 17.9. The second-order valence-electron chi connectivity index (χ2n) is 7.15. The predicted molar refractivity (Wildman–Crippen MR) is 88.8 cm³/mol. The van der Waals surface area contributed by atoms with E-state index >= 15 is 0 Å². The number of halogens is 1. The summed E-state index contributed by atoms with van der Waals surface area (Å²) in [5, 5.41) is -0.650. The van der Waals surface area contributed by atoms with E-state index in [1.165, 1.54) is 0 Å². The summed E-state index contributed by atoms with van der Waals surface area (Å²) in [7, 11) is -3.74. The maximum absolute atomic E-state index is 13.8. The molecule has 0 spiro atoms. The molecule has 1 saturated heterocycles. The van der Waals surface area contributed by atoms with E-state index in [0.29, 0.717) is 45.3 Å². The monoisotopic (exact) mass is 378 g/mol. The van der Waals surface area contributed by atoms with Gasteiger partial charge in [0.05, 0.1) is 23.4 Å². The number of hydrogen-bond donors (Lipinski definition) is 2. The molecular weight excluding hydrogens is 351 g/mol. The number of sulfonamides is 1. The average molecular weight is 378 g/mol. The summed E-state index contributed by atoms with van der Waals surface area (Å²) in [6, 6.07) is 0. The van der Waals surface area contributed by atoms with Crippen LogP contribution in [-0.4, -0.2) is 51.2 Å². The SMILES string of the molecule is O=C(NNS(=O)(=O)C1CCC2OCCCOC2C1)C1CCCCC1F. The Morgan fingerprint density at radius 2 is 1.68 bits per heavy atom. The molecule has 3 rings (SSSR count). The first-order valence-corrected chi connectivity index (χ1v) is 10.7. The first kappa shape index (κ1) is 19.0. The van der Waals surface area contributed by atoms with Crippen molar-refractivity contribution < 1.29 is 27.1 Å². The van der Waals surface area contributed by atoms with Crippen molar-refractivity contribution in [1.82, 2.24) is 10.3 Å². The van der Waals surface area contributed by atoms with Crippen LogP contribution in [0.2, 0.25) is 0 Å². The molecule has 7 nitrogen and oxygen atoms in total. The van der Waals surface area contributed by atoms with Crippen LogP contribution in [0, 0.1) is 5.92 Å². The van der Waals surface area contributed by atoms with E-state index in [4.69, 9.17) is 9.47 Å². The van der Waals surface area contributed by atoms with Crippen LogP contribution >= 0.6 is 0 Å². The van der Waals surface area contributed by atoms with Crippen LogP contribution in [0.5, 0.6) is 0 Å². The Morgan fingerprint density at radius 3 is 2.44 bits per heavy atom. The van der Waals surface area contributed by atoms with Crippen molar-refractivity contribution >= 4 is 15.9 Å². The third-order valence-corrected chi connectivity index (χ3v) is 7.10. The summed E-state index contributed by atoms with van der Waals surface area (Å²) in [5.74, 6) is -1.36. The molecule has 5 atom stereocenters. The molecule has 2 N–H and O–H groups in total. The van der Waals surface area contributed by atoms with Crippen LogP contribution in [0.3, 0.4) is 0 Å². The van der Waals surface area contributed by atoms with E-state index in [1.54, 1.807) is 0 Å². The van der Waals surface area contributed by atoms with Crippen LogP contribution in [0.15, 0.2) is 0 Å². The van der Waals surface area contributed by atoms with E-state index in [9.17, 15) is 17.6 Å². The zero-order valence-electron chi connectivity index (χ0n) is 14.3. The van der Waals surface area contributed by atoms with Crippen LogP contribution in [0.25, 0.3) is 0 Å². The third kappa shape index (κ3) is 4.69. The summed E-state index contributed by atoms with van der Waals surface area (Å²) in [5.41, 5.74) is 2.22. The summed E-state index contributed by atoms with van der Waals surface area (Å²) < 4.78 is 50.2. The lowest BCUT2D eigenvalue weighted by Crippen LogP contribution is -2.52. The van der Waals surface area contributed by atoms with Gasteiger partial charge in [0.2, 0.25) is 15.9 Å². The molecule has 9 heteroatoms. The molecule has 0 aromatic carbocycles. The Morgan fingerprint density at radius 1 is 0.960 bits per heavy atom. The topological polar surface area (TPSA) is 93.7 Å². The van der Waals surface area contributed by atoms with Gasteiger partial charge in [-0.1, -0.05) is 12.8 Å². The fourth-order valence-corrected chi connectivity index (χ4v) is 5.22. The highest BCUT2D eigenvalue weighted by Crippen LogP contribution is 2.30. The maximum atomic E-state index is 13.8. The molecule has 3 fully saturated rings. The molecule has 3 aliphatic rings. The molecule has 144 valence electrons.